The normalized spacial score (nSPS) is 11.7. The molecule has 0 radical (unpaired) electrons. The summed E-state index contributed by atoms with van der Waals surface area (Å²) in [4.78, 5) is -0.400. The minimum absolute atomic E-state index is 0.145. The molecule has 0 saturated carbocycles. The van der Waals surface area contributed by atoms with Gasteiger partial charge < -0.3 is 0 Å². The van der Waals surface area contributed by atoms with E-state index in [9.17, 15) is 12.8 Å². The van der Waals surface area contributed by atoms with Gasteiger partial charge in [0.2, 0.25) is 5.95 Å². The van der Waals surface area contributed by atoms with E-state index >= 15 is 0 Å². The molecule has 0 bridgehead atoms. The number of benzene rings is 1. The van der Waals surface area contributed by atoms with Crippen LogP contribution in [0.25, 0.3) is 0 Å². The zero-order valence-corrected chi connectivity index (χ0v) is 13.3. The fourth-order valence-electron chi connectivity index (χ4n) is 2.29. The molecule has 2 rings (SSSR count). The molecule has 0 fully saturated rings. The molecule has 0 aliphatic rings. The van der Waals surface area contributed by atoms with Gasteiger partial charge in [0.25, 0.3) is 10.0 Å². The van der Waals surface area contributed by atoms with Crippen LogP contribution in [0.5, 0.6) is 0 Å². The van der Waals surface area contributed by atoms with Crippen molar-refractivity contribution in [1.82, 2.24) is 9.78 Å². The summed E-state index contributed by atoms with van der Waals surface area (Å²) in [6.45, 7) is 7.18. The maximum absolute atomic E-state index is 14.1. The van der Waals surface area contributed by atoms with Gasteiger partial charge in [0.1, 0.15) is 0 Å². The first-order valence-electron chi connectivity index (χ1n) is 6.58. The van der Waals surface area contributed by atoms with Crippen LogP contribution in [0.15, 0.2) is 23.1 Å². The van der Waals surface area contributed by atoms with Crippen molar-refractivity contribution in [2.24, 2.45) is 0 Å². The second kappa shape index (κ2) is 5.48. The smallest absolute Gasteiger partial charge is 0.268 e. The predicted octanol–water partition coefficient (Wildman–Crippen LogP) is 2.77. The van der Waals surface area contributed by atoms with Gasteiger partial charge in [0.05, 0.1) is 5.69 Å². The van der Waals surface area contributed by atoms with E-state index in [4.69, 9.17) is 0 Å². The molecule has 0 spiro atoms. The standard InChI is InChI=1S/C14H18FN3O2S/c1-5-18-14(15)13(11(4)16-18)21(19,20)17-12-7-9(2)6-10(3)8-12/h6-8,17H,5H2,1-4H3. The summed E-state index contributed by atoms with van der Waals surface area (Å²) in [6, 6.07) is 5.32. The fourth-order valence-corrected chi connectivity index (χ4v) is 3.58. The van der Waals surface area contributed by atoms with Crippen LogP contribution >= 0.6 is 0 Å². The van der Waals surface area contributed by atoms with Gasteiger partial charge in [-0.05, 0) is 51.0 Å². The summed E-state index contributed by atoms with van der Waals surface area (Å²) in [5.41, 5.74) is 2.41. The van der Waals surface area contributed by atoms with Crippen LogP contribution < -0.4 is 4.72 Å². The van der Waals surface area contributed by atoms with Crippen molar-refractivity contribution < 1.29 is 12.8 Å². The minimum atomic E-state index is -4.01. The Kier molecular flexibility index (Phi) is 4.04. The minimum Gasteiger partial charge on any atom is -0.279 e. The molecule has 21 heavy (non-hydrogen) atoms. The number of hydrogen-bond acceptors (Lipinski definition) is 3. The second-order valence-electron chi connectivity index (χ2n) is 5.00. The van der Waals surface area contributed by atoms with Gasteiger partial charge in [-0.3, -0.25) is 4.72 Å². The average molecular weight is 311 g/mol. The molecule has 0 atom stereocenters. The van der Waals surface area contributed by atoms with Crippen LogP contribution in [0.3, 0.4) is 0 Å². The van der Waals surface area contributed by atoms with Crippen LogP contribution in [-0.4, -0.2) is 18.2 Å². The van der Waals surface area contributed by atoms with E-state index < -0.39 is 20.9 Å². The SMILES string of the molecule is CCn1nc(C)c(S(=O)(=O)Nc2cc(C)cc(C)c2)c1F. The number of nitrogens with one attached hydrogen (secondary N) is 1. The first-order chi connectivity index (χ1) is 9.74. The van der Waals surface area contributed by atoms with Gasteiger partial charge in [0, 0.05) is 12.2 Å². The van der Waals surface area contributed by atoms with Crippen molar-refractivity contribution in [3.05, 3.63) is 41.0 Å². The quantitative estimate of drug-likeness (QED) is 0.944. The summed E-state index contributed by atoms with van der Waals surface area (Å²) >= 11 is 0. The van der Waals surface area contributed by atoms with E-state index in [2.05, 4.69) is 9.82 Å². The highest BCUT2D eigenvalue weighted by Crippen LogP contribution is 2.23. The first kappa shape index (κ1) is 15.5. The number of aromatic nitrogens is 2. The monoisotopic (exact) mass is 311 g/mol. The van der Waals surface area contributed by atoms with Gasteiger partial charge in [-0.25, -0.2) is 13.1 Å². The predicted molar refractivity (Wildman–Crippen MR) is 79.3 cm³/mol. The van der Waals surface area contributed by atoms with Crippen molar-refractivity contribution in [3.63, 3.8) is 0 Å². The van der Waals surface area contributed by atoms with Crippen molar-refractivity contribution in [2.75, 3.05) is 4.72 Å². The number of aryl methyl sites for hydroxylation is 4. The summed E-state index contributed by atoms with van der Waals surface area (Å²) < 4.78 is 42.4. The van der Waals surface area contributed by atoms with Crippen LogP contribution in [0, 0.1) is 26.7 Å². The average Bonchev–Trinajstić information content (AvgIpc) is 2.62. The molecular formula is C14H18FN3O2S. The highest BCUT2D eigenvalue weighted by atomic mass is 32.2. The summed E-state index contributed by atoms with van der Waals surface area (Å²) in [6.07, 6.45) is 0. The molecule has 1 aromatic heterocycles. The Labute approximate surface area is 123 Å². The molecule has 1 heterocycles. The van der Waals surface area contributed by atoms with Crippen LogP contribution in [0.4, 0.5) is 10.1 Å². The molecule has 1 N–H and O–H groups in total. The van der Waals surface area contributed by atoms with Crippen molar-refractivity contribution in [1.29, 1.82) is 0 Å². The molecule has 0 aliphatic carbocycles. The van der Waals surface area contributed by atoms with Gasteiger partial charge in [-0.2, -0.15) is 9.49 Å². The first-order valence-corrected chi connectivity index (χ1v) is 8.07. The lowest BCUT2D eigenvalue weighted by Gasteiger charge is -2.09. The molecule has 0 amide bonds. The third-order valence-electron chi connectivity index (χ3n) is 3.06. The van der Waals surface area contributed by atoms with Gasteiger partial charge in [0.15, 0.2) is 4.90 Å². The van der Waals surface area contributed by atoms with Crippen molar-refractivity contribution >= 4 is 15.7 Å². The Morgan fingerprint density at radius 3 is 2.24 bits per heavy atom. The molecule has 7 heteroatoms. The number of anilines is 1. The van der Waals surface area contributed by atoms with Gasteiger partial charge >= 0.3 is 0 Å². The largest absolute Gasteiger partial charge is 0.279 e. The number of sulfonamides is 1. The summed E-state index contributed by atoms with van der Waals surface area (Å²) in [5, 5.41) is 3.89. The summed E-state index contributed by atoms with van der Waals surface area (Å²) in [7, 11) is -4.01. The van der Waals surface area contributed by atoms with E-state index in [0.717, 1.165) is 15.8 Å². The molecule has 0 saturated heterocycles. The number of rotatable bonds is 4. The molecule has 0 unspecified atom stereocenters. The Bertz CT molecular complexity index is 762. The van der Waals surface area contributed by atoms with Crippen molar-refractivity contribution in [3.8, 4) is 0 Å². The van der Waals surface area contributed by atoms with E-state index in [1.54, 1.807) is 19.1 Å². The molecule has 0 aliphatic heterocycles. The molecule has 1 aromatic carbocycles. The molecule has 114 valence electrons. The topological polar surface area (TPSA) is 64.0 Å². The lowest BCUT2D eigenvalue weighted by Crippen LogP contribution is -2.15. The van der Waals surface area contributed by atoms with Crippen molar-refractivity contribution in [2.45, 2.75) is 39.1 Å². The number of hydrogen-bond donors (Lipinski definition) is 1. The van der Waals surface area contributed by atoms with E-state index in [1.165, 1.54) is 6.92 Å². The fraction of sp³-hybridized carbons (Fsp3) is 0.357. The molecule has 5 nitrogen and oxygen atoms in total. The Morgan fingerprint density at radius 1 is 1.19 bits per heavy atom. The van der Waals surface area contributed by atoms with Crippen LogP contribution in [0.1, 0.15) is 23.7 Å². The highest BCUT2D eigenvalue weighted by molar-refractivity contribution is 7.92. The lowest BCUT2D eigenvalue weighted by atomic mass is 10.1. The lowest BCUT2D eigenvalue weighted by molar-refractivity contribution is 0.454. The second-order valence-corrected chi connectivity index (χ2v) is 6.62. The van der Waals surface area contributed by atoms with E-state index in [-0.39, 0.29) is 12.2 Å². The van der Waals surface area contributed by atoms with E-state index in [0.29, 0.717) is 5.69 Å². The molecular weight excluding hydrogens is 293 g/mol. The third kappa shape index (κ3) is 3.07. The highest BCUT2D eigenvalue weighted by Gasteiger charge is 2.27. The Morgan fingerprint density at radius 2 is 1.76 bits per heavy atom. The van der Waals surface area contributed by atoms with Crippen LogP contribution in [-0.2, 0) is 16.6 Å². The molecule has 2 aromatic rings. The Hall–Kier alpha value is -1.89. The summed E-state index contributed by atoms with van der Waals surface area (Å²) in [5.74, 6) is -0.841. The zero-order chi connectivity index (χ0) is 15.8. The Balaban J connectivity index is 2.46. The number of halogens is 1. The maximum Gasteiger partial charge on any atom is 0.268 e. The maximum atomic E-state index is 14.1. The van der Waals surface area contributed by atoms with Gasteiger partial charge in [-0.1, -0.05) is 6.07 Å². The third-order valence-corrected chi connectivity index (χ3v) is 4.56. The number of nitrogens with zero attached hydrogens (tertiary/aromatic N) is 2. The van der Waals surface area contributed by atoms with Crippen LogP contribution in [0.2, 0.25) is 0 Å². The van der Waals surface area contributed by atoms with Gasteiger partial charge in [-0.15, -0.1) is 0 Å². The van der Waals surface area contributed by atoms with E-state index in [1.807, 2.05) is 19.9 Å². The zero-order valence-electron chi connectivity index (χ0n) is 12.4.